The molecule has 0 fully saturated rings. The van der Waals surface area contributed by atoms with E-state index in [1.807, 2.05) is 44.3 Å². The van der Waals surface area contributed by atoms with Gasteiger partial charge in [0.15, 0.2) is 11.7 Å². The zero-order valence-electron chi connectivity index (χ0n) is 16.4. The number of ether oxygens (including phenoxy) is 1. The number of carbonyl (C=O) groups excluding carboxylic acids is 1. The van der Waals surface area contributed by atoms with Crippen LogP contribution < -0.4 is 10.1 Å². The van der Waals surface area contributed by atoms with Gasteiger partial charge in [-0.2, -0.15) is 0 Å². The number of aryl methyl sites for hydroxylation is 2. The molecule has 4 rings (SSSR count). The highest BCUT2D eigenvalue weighted by Gasteiger charge is 2.10. The summed E-state index contributed by atoms with van der Waals surface area (Å²) in [5.74, 6) is 0.521. The minimum Gasteiger partial charge on any atom is -0.483 e. The summed E-state index contributed by atoms with van der Waals surface area (Å²) in [6, 6.07) is 20.6. The van der Waals surface area contributed by atoms with Gasteiger partial charge < -0.3 is 4.74 Å². The first-order valence-electron chi connectivity index (χ1n) is 9.50. The molecule has 5 heteroatoms. The van der Waals surface area contributed by atoms with Crippen LogP contribution in [0.5, 0.6) is 5.75 Å². The van der Waals surface area contributed by atoms with Gasteiger partial charge in [0.2, 0.25) is 0 Å². The largest absolute Gasteiger partial charge is 0.483 e. The second-order valence-electron chi connectivity index (χ2n) is 7.05. The molecule has 1 heterocycles. The smallest absolute Gasteiger partial charge is 0.264 e. The van der Waals surface area contributed by atoms with Gasteiger partial charge in [0, 0.05) is 17.5 Å². The van der Waals surface area contributed by atoms with Crippen LogP contribution >= 0.6 is 11.3 Å². The van der Waals surface area contributed by atoms with Crippen LogP contribution in [0.2, 0.25) is 0 Å². The number of aromatic nitrogens is 1. The van der Waals surface area contributed by atoms with E-state index >= 15 is 0 Å². The first-order chi connectivity index (χ1) is 14.1. The number of benzene rings is 3. The molecule has 146 valence electrons. The fraction of sp³-hybridized carbons (Fsp3) is 0.167. The van der Waals surface area contributed by atoms with Crippen molar-refractivity contribution in [3.8, 4) is 5.75 Å². The molecule has 0 saturated carbocycles. The van der Waals surface area contributed by atoms with E-state index in [0.29, 0.717) is 5.13 Å². The van der Waals surface area contributed by atoms with Crippen LogP contribution in [0.25, 0.3) is 10.8 Å². The van der Waals surface area contributed by atoms with E-state index in [2.05, 4.69) is 46.7 Å². The van der Waals surface area contributed by atoms with Gasteiger partial charge >= 0.3 is 0 Å². The van der Waals surface area contributed by atoms with Crippen molar-refractivity contribution in [2.24, 2.45) is 0 Å². The Morgan fingerprint density at radius 3 is 2.79 bits per heavy atom. The van der Waals surface area contributed by atoms with E-state index in [0.717, 1.165) is 28.2 Å². The number of thiazole rings is 1. The van der Waals surface area contributed by atoms with Crippen LogP contribution in [0, 0.1) is 13.8 Å². The number of anilines is 1. The van der Waals surface area contributed by atoms with E-state index in [4.69, 9.17) is 4.74 Å². The number of nitrogens with zero attached hydrogens (tertiary/aromatic N) is 1. The van der Waals surface area contributed by atoms with Crippen molar-refractivity contribution in [1.82, 2.24) is 4.98 Å². The summed E-state index contributed by atoms with van der Waals surface area (Å²) >= 11 is 1.49. The Hall–Kier alpha value is -3.18. The third-order valence-electron chi connectivity index (χ3n) is 4.75. The lowest BCUT2D eigenvalue weighted by molar-refractivity contribution is -0.118. The van der Waals surface area contributed by atoms with Crippen molar-refractivity contribution in [1.29, 1.82) is 0 Å². The van der Waals surface area contributed by atoms with Crippen LogP contribution in [-0.4, -0.2) is 17.5 Å². The summed E-state index contributed by atoms with van der Waals surface area (Å²) < 4.78 is 5.67. The normalized spacial score (nSPS) is 10.8. The van der Waals surface area contributed by atoms with Gasteiger partial charge in [0.25, 0.3) is 5.91 Å². The Morgan fingerprint density at radius 1 is 1.07 bits per heavy atom. The van der Waals surface area contributed by atoms with Gasteiger partial charge in [-0.25, -0.2) is 4.98 Å². The molecule has 0 aliphatic rings. The fourth-order valence-corrected chi connectivity index (χ4v) is 4.09. The van der Waals surface area contributed by atoms with Crippen molar-refractivity contribution in [3.05, 3.63) is 88.4 Å². The van der Waals surface area contributed by atoms with E-state index < -0.39 is 0 Å². The highest BCUT2D eigenvalue weighted by molar-refractivity contribution is 7.15. The summed E-state index contributed by atoms with van der Waals surface area (Å²) in [6.45, 7) is 3.93. The Bertz CT molecular complexity index is 1160. The van der Waals surface area contributed by atoms with E-state index in [1.165, 1.54) is 27.7 Å². The van der Waals surface area contributed by atoms with Crippen molar-refractivity contribution >= 4 is 33.1 Å². The van der Waals surface area contributed by atoms with Gasteiger partial charge in [0.1, 0.15) is 5.75 Å². The molecule has 3 aromatic carbocycles. The van der Waals surface area contributed by atoms with Crippen LogP contribution in [-0.2, 0) is 11.2 Å². The first-order valence-corrected chi connectivity index (χ1v) is 10.3. The number of rotatable bonds is 6. The molecule has 4 aromatic rings. The Labute approximate surface area is 174 Å². The maximum atomic E-state index is 12.3. The predicted octanol–water partition coefficient (Wildman–Crippen LogP) is 5.52. The predicted molar refractivity (Wildman–Crippen MR) is 119 cm³/mol. The third kappa shape index (κ3) is 4.63. The summed E-state index contributed by atoms with van der Waals surface area (Å²) in [7, 11) is 0. The van der Waals surface area contributed by atoms with Crippen LogP contribution in [0.4, 0.5) is 5.13 Å². The van der Waals surface area contributed by atoms with E-state index in [9.17, 15) is 4.79 Å². The molecule has 0 radical (unpaired) electrons. The Balaban J connectivity index is 1.39. The second-order valence-corrected chi connectivity index (χ2v) is 8.17. The maximum Gasteiger partial charge on any atom is 0.264 e. The second kappa shape index (κ2) is 8.45. The minimum absolute atomic E-state index is 0.0392. The Morgan fingerprint density at radius 2 is 1.90 bits per heavy atom. The summed E-state index contributed by atoms with van der Waals surface area (Å²) in [5, 5.41) is 5.90. The summed E-state index contributed by atoms with van der Waals surface area (Å²) in [6.07, 6.45) is 2.61. The lowest BCUT2D eigenvalue weighted by Crippen LogP contribution is -2.20. The fourth-order valence-electron chi connectivity index (χ4n) is 3.24. The number of amides is 1. The molecule has 0 aliphatic carbocycles. The van der Waals surface area contributed by atoms with Crippen molar-refractivity contribution in [2.45, 2.75) is 20.3 Å². The van der Waals surface area contributed by atoms with E-state index in [1.54, 1.807) is 0 Å². The summed E-state index contributed by atoms with van der Waals surface area (Å²) in [4.78, 5) is 17.7. The number of hydrogen-bond acceptors (Lipinski definition) is 4. The molecule has 0 aliphatic heterocycles. The Kier molecular flexibility index (Phi) is 5.58. The molecule has 1 aromatic heterocycles. The molecule has 1 amide bonds. The maximum absolute atomic E-state index is 12.3. The van der Waals surface area contributed by atoms with Crippen molar-refractivity contribution in [2.75, 3.05) is 11.9 Å². The number of hydrogen-bond donors (Lipinski definition) is 1. The topological polar surface area (TPSA) is 51.2 Å². The van der Waals surface area contributed by atoms with Crippen molar-refractivity contribution in [3.63, 3.8) is 0 Å². The SMILES string of the molecule is Cc1ccc(C)c(OCC(=O)Nc2ncc(Cc3cccc4ccccc34)s2)c1. The van der Waals surface area contributed by atoms with Gasteiger partial charge in [-0.3, -0.25) is 10.1 Å². The highest BCUT2D eigenvalue weighted by Crippen LogP contribution is 2.26. The van der Waals surface area contributed by atoms with Gasteiger partial charge in [0.05, 0.1) is 0 Å². The van der Waals surface area contributed by atoms with Crippen LogP contribution in [0.3, 0.4) is 0 Å². The molecule has 0 unspecified atom stereocenters. The monoisotopic (exact) mass is 402 g/mol. The van der Waals surface area contributed by atoms with Crippen LogP contribution in [0.1, 0.15) is 21.6 Å². The third-order valence-corrected chi connectivity index (χ3v) is 5.66. The zero-order valence-corrected chi connectivity index (χ0v) is 17.3. The standard InChI is InChI=1S/C24H22N2O2S/c1-16-10-11-17(2)22(12-16)28-15-23(27)26-24-25-14-20(29-24)13-19-8-5-7-18-6-3-4-9-21(18)19/h3-12,14H,13,15H2,1-2H3,(H,25,26,27). The van der Waals surface area contributed by atoms with Gasteiger partial charge in [-0.1, -0.05) is 54.6 Å². The van der Waals surface area contributed by atoms with Gasteiger partial charge in [-0.15, -0.1) is 11.3 Å². The number of fused-ring (bicyclic) bond motifs is 1. The summed E-state index contributed by atoms with van der Waals surface area (Å²) in [5.41, 5.74) is 3.36. The molecule has 0 saturated heterocycles. The van der Waals surface area contributed by atoms with Crippen LogP contribution in [0.15, 0.2) is 66.9 Å². The quantitative estimate of drug-likeness (QED) is 0.462. The number of carbonyl (C=O) groups is 1. The average Bonchev–Trinajstić information content (AvgIpc) is 3.15. The number of nitrogens with one attached hydrogen (secondary N) is 1. The molecule has 0 bridgehead atoms. The molecule has 29 heavy (non-hydrogen) atoms. The highest BCUT2D eigenvalue weighted by atomic mass is 32.1. The minimum atomic E-state index is -0.211. The lowest BCUT2D eigenvalue weighted by atomic mass is 10.0. The van der Waals surface area contributed by atoms with Crippen molar-refractivity contribution < 1.29 is 9.53 Å². The van der Waals surface area contributed by atoms with E-state index in [-0.39, 0.29) is 12.5 Å². The molecule has 4 nitrogen and oxygen atoms in total. The molecular weight excluding hydrogens is 380 g/mol. The molecule has 0 atom stereocenters. The zero-order chi connectivity index (χ0) is 20.2. The molecular formula is C24H22N2O2S. The molecule has 1 N–H and O–H groups in total. The lowest BCUT2D eigenvalue weighted by Gasteiger charge is -2.09. The molecule has 0 spiro atoms. The van der Waals surface area contributed by atoms with Gasteiger partial charge in [-0.05, 0) is 47.4 Å². The first kappa shape index (κ1) is 19.2. The average molecular weight is 403 g/mol.